The average molecular weight is 365 g/mol. The minimum absolute atomic E-state index is 0.759. The van der Waals surface area contributed by atoms with E-state index in [-0.39, 0.29) is 0 Å². The van der Waals surface area contributed by atoms with Gasteiger partial charge < -0.3 is 5.32 Å². The summed E-state index contributed by atoms with van der Waals surface area (Å²) >= 11 is 5.42. The first-order valence-electron chi connectivity index (χ1n) is 7.70. The van der Waals surface area contributed by atoms with E-state index in [1.165, 1.54) is 34.0 Å². The van der Waals surface area contributed by atoms with Gasteiger partial charge in [0.2, 0.25) is 0 Å². The lowest BCUT2D eigenvalue weighted by molar-refractivity contribution is 0.686. The smallest absolute Gasteiger partial charge is 0.0975 e. The maximum atomic E-state index is 4.89. The number of aryl methyl sites for hydroxylation is 1. The van der Waals surface area contributed by atoms with E-state index in [0.29, 0.717) is 0 Å². The van der Waals surface area contributed by atoms with Crippen molar-refractivity contribution < 1.29 is 0 Å². The average Bonchev–Trinajstić information content (AvgIpc) is 3.20. The van der Waals surface area contributed by atoms with Crippen molar-refractivity contribution in [2.24, 2.45) is 0 Å². The standard InChI is InChI=1S/C17H21BrN2S/c1-2-4-15-16(11-19-14-7-8-14)21-17(20-15)10-12-5-3-6-13(18)9-12/h3,5-6,9,14,19H,2,4,7-8,10-11H2,1H3. The largest absolute Gasteiger partial charge is 0.309 e. The first-order valence-corrected chi connectivity index (χ1v) is 9.31. The fourth-order valence-electron chi connectivity index (χ4n) is 2.43. The molecule has 2 nitrogen and oxygen atoms in total. The Labute approximate surface area is 139 Å². The molecule has 1 aromatic heterocycles. The summed E-state index contributed by atoms with van der Waals surface area (Å²) in [6.07, 6.45) is 5.87. The molecule has 0 radical (unpaired) electrons. The van der Waals surface area contributed by atoms with Gasteiger partial charge in [0.25, 0.3) is 0 Å². The molecular weight excluding hydrogens is 344 g/mol. The van der Waals surface area contributed by atoms with Crippen molar-refractivity contribution in [2.45, 2.75) is 51.6 Å². The Balaban J connectivity index is 1.73. The van der Waals surface area contributed by atoms with Crippen LogP contribution in [-0.2, 0) is 19.4 Å². The molecule has 1 aliphatic rings. The van der Waals surface area contributed by atoms with Crippen LogP contribution in [0.2, 0.25) is 0 Å². The van der Waals surface area contributed by atoms with Crippen molar-refractivity contribution in [3.05, 3.63) is 49.9 Å². The van der Waals surface area contributed by atoms with E-state index < -0.39 is 0 Å². The van der Waals surface area contributed by atoms with Gasteiger partial charge in [0.05, 0.1) is 10.7 Å². The molecule has 0 spiro atoms. The SMILES string of the molecule is CCCc1nc(Cc2cccc(Br)c2)sc1CNC1CC1. The summed E-state index contributed by atoms with van der Waals surface area (Å²) in [7, 11) is 0. The first kappa shape index (κ1) is 15.2. The van der Waals surface area contributed by atoms with Gasteiger partial charge in [-0.1, -0.05) is 41.4 Å². The van der Waals surface area contributed by atoms with Gasteiger partial charge in [0.1, 0.15) is 0 Å². The molecule has 1 aliphatic carbocycles. The predicted molar refractivity (Wildman–Crippen MR) is 92.9 cm³/mol. The Morgan fingerprint density at radius 1 is 1.38 bits per heavy atom. The highest BCUT2D eigenvalue weighted by atomic mass is 79.9. The first-order chi connectivity index (χ1) is 10.2. The Bertz CT molecular complexity index is 605. The zero-order valence-corrected chi connectivity index (χ0v) is 14.8. The summed E-state index contributed by atoms with van der Waals surface area (Å²) in [6.45, 7) is 3.22. The molecule has 1 fully saturated rings. The molecular formula is C17H21BrN2S. The molecule has 2 aromatic rings. The van der Waals surface area contributed by atoms with Crippen molar-refractivity contribution in [2.75, 3.05) is 0 Å². The lowest BCUT2D eigenvalue weighted by Gasteiger charge is -2.01. The van der Waals surface area contributed by atoms with Crippen LogP contribution in [0.4, 0.5) is 0 Å². The van der Waals surface area contributed by atoms with Crippen LogP contribution in [0.3, 0.4) is 0 Å². The summed E-state index contributed by atoms with van der Waals surface area (Å²) in [5, 5.41) is 4.86. The third-order valence-corrected chi connectivity index (χ3v) is 5.27. The van der Waals surface area contributed by atoms with E-state index in [1.54, 1.807) is 0 Å². The third kappa shape index (κ3) is 4.38. The van der Waals surface area contributed by atoms with Crippen molar-refractivity contribution in [1.82, 2.24) is 10.3 Å². The van der Waals surface area contributed by atoms with Crippen LogP contribution < -0.4 is 5.32 Å². The number of hydrogen-bond donors (Lipinski definition) is 1. The number of halogens is 1. The van der Waals surface area contributed by atoms with Crippen molar-refractivity contribution in [3.63, 3.8) is 0 Å². The van der Waals surface area contributed by atoms with Gasteiger partial charge >= 0.3 is 0 Å². The third-order valence-electron chi connectivity index (χ3n) is 3.68. The van der Waals surface area contributed by atoms with Gasteiger partial charge in [-0.2, -0.15) is 0 Å². The lowest BCUT2D eigenvalue weighted by Crippen LogP contribution is -2.15. The van der Waals surface area contributed by atoms with Gasteiger partial charge in [0, 0.05) is 28.4 Å². The monoisotopic (exact) mass is 364 g/mol. The number of thiazole rings is 1. The molecule has 0 bridgehead atoms. The molecule has 1 N–H and O–H groups in total. The van der Waals surface area contributed by atoms with E-state index in [4.69, 9.17) is 4.98 Å². The summed E-state index contributed by atoms with van der Waals surface area (Å²) in [4.78, 5) is 6.33. The molecule has 0 unspecified atom stereocenters. The Morgan fingerprint density at radius 3 is 2.95 bits per heavy atom. The fourth-order valence-corrected chi connectivity index (χ4v) is 3.98. The second-order valence-corrected chi connectivity index (χ2v) is 7.77. The number of nitrogens with zero attached hydrogens (tertiary/aromatic N) is 1. The summed E-state index contributed by atoms with van der Waals surface area (Å²) < 4.78 is 1.14. The van der Waals surface area contributed by atoms with Crippen LogP contribution in [0.5, 0.6) is 0 Å². The van der Waals surface area contributed by atoms with Crippen LogP contribution in [0.15, 0.2) is 28.7 Å². The van der Waals surface area contributed by atoms with E-state index in [1.807, 2.05) is 11.3 Å². The highest BCUT2D eigenvalue weighted by molar-refractivity contribution is 9.10. The van der Waals surface area contributed by atoms with Gasteiger partial charge in [0.15, 0.2) is 0 Å². The van der Waals surface area contributed by atoms with Crippen LogP contribution in [-0.4, -0.2) is 11.0 Å². The van der Waals surface area contributed by atoms with Crippen molar-refractivity contribution >= 4 is 27.3 Å². The quantitative estimate of drug-likeness (QED) is 0.769. The minimum atomic E-state index is 0.759. The molecule has 1 saturated carbocycles. The maximum absolute atomic E-state index is 4.89. The number of hydrogen-bond acceptors (Lipinski definition) is 3. The van der Waals surface area contributed by atoms with Crippen LogP contribution in [0.1, 0.15) is 47.3 Å². The van der Waals surface area contributed by atoms with Crippen LogP contribution in [0, 0.1) is 0 Å². The number of nitrogens with one attached hydrogen (secondary N) is 1. The zero-order chi connectivity index (χ0) is 14.7. The molecule has 112 valence electrons. The highest BCUT2D eigenvalue weighted by Crippen LogP contribution is 2.25. The molecule has 21 heavy (non-hydrogen) atoms. The summed E-state index contributed by atoms with van der Waals surface area (Å²) in [5.74, 6) is 0. The van der Waals surface area contributed by atoms with E-state index in [2.05, 4.69) is 52.4 Å². The normalized spacial score (nSPS) is 14.6. The Morgan fingerprint density at radius 2 is 2.24 bits per heavy atom. The molecule has 4 heteroatoms. The van der Waals surface area contributed by atoms with E-state index >= 15 is 0 Å². The van der Waals surface area contributed by atoms with Crippen LogP contribution in [0.25, 0.3) is 0 Å². The molecule has 1 heterocycles. The van der Waals surface area contributed by atoms with Gasteiger partial charge in [-0.3, -0.25) is 0 Å². The van der Waals surface area contributed by atoms with E-state index in [9.17, 15) is 0 Å². The van der Waals surface area contributed by atoms with Gasteiger partial charge in [-0.05, 0) is 37.0 Å². The molecule has 0 saturated heterocycles. The Hall–Kier alpha value is -0.710. The highest BCUT2D eigenvalue weighted by Gasteiger charge is 2.21. The number of rotatable bonds is 7. The van der Waals surface area contributed by atoms with Crippen molar-refractivity contribution in [3.8, 4) is 0 Å². The van der Waals surface area contributed by atoms with Gasteiger partial charge in [-0.25, -0.2) is 4.98 Å². The number of benzene rings is 1. The topological polar surface area (TPSA) is 24.9 Å². The zero-order valence-electron chi connectivity index (χ0n) is 12.4. The fraction of sp³-hybridized carbons (Fsp3) is 0.471. The lowest BCUT2D eigenvalue weighted by atomic mass is 10.1. The second kappa shape index (κ2) is 7.03. The maximum Gasteiger partial charge on any atom is 0.0975 e. The molecule has 0 amide bonds. The number of aromatic nitrogens is 1. The Kier molecular flexibility index (Phi) is 5.09. The van der Waals surface area contributed by atoms with Crippen molar-refractivity contribution in [1.29, 1.82) is 0 Å². The van der Waals surface area contributed by atoms with E-state index in [0.717, 1.165) is 36.3 Å². The minimum Gasteiger partial charge on any atom is -0.309 e. The molecule has 3 rings (SSSR count). The van der Waals surface area contributed by atoms with Gasteiger partial charge in [-0.15, -0.1) is 11.3 Å². The predicted octanol–water partition coefficient (Wildman–Crippen LogP) is 4.70. The molecule has 0 aliphatic heterocycles. The summed E-state index contributed by atoms with van der Waals surface area (Å²) in [6, 6.07) is 9.28. The molecule has 1 aromatic carbocycles. The second-order valence-electron chi connectivity index (χ2n) is 5.69. The molecule has 0 atom stereocenters. The van der Waals surface area contributed by atoms with Crippen LogP contribution >= 0.6 is 27.3 Å². The summed E-state index contributed by atoms with van der Waals surface area (Å²) in [5.41, 5.74) is 2.63.